The Labute approximate surface area is 104 Å². The molecular formula is C11H10Cl2N2O. The normalized spacial score (nSPS) is 9.56. The zero-order valence-electron chi connectivity index (χ0n) is 8.46. The predicted octanol–water partition coefficient (Wildman–Crippen LogP) is 3.03. The standard InChI is InChI=1S/C11H10Cl2N2O/c12-8-3-4-9(10(13)7-8)11(16)15-6-2-1-5-14/h3-4,7H,1-2,6H2,(H,15,16). The van der Waals surface area contributed by atoms with Gasteiger partial charge in [0.15, 0.2) is 0 Å². The predicted molar refractivity (Wildman–Crippen MR) is 63.6 cm³/mol. The van der Waals surface area contributed by atoms with Crippen molar-refractivity contribution in [2.75, 3.05) is 6.54 Å². The van der Waals surface area contributed by atoms with E-state index in [1.54, 1.807) is 12.1 Å². The van der Waals surface area contributed by atoms with Crippen LogP contribution in [0.5, 0.6) is 0 Å². The van der Waals surface area contributed by atoms with Crippen molar-refractivity contribution < 1.29 is 4.79 Å². The summed E-state index contributed by atoms with van der Waals surface area (Å²) < 4.78 is 0. The summed E-state index contributed by atoms with van der Waals surface area (Å²) in [5.74, 6) is -0.250. The zero-order valence-corrected chi connectivity index (χ0v) is 9.98. The van der Waals surface area contributed by atoms with E-state index in [1.165, 1.54) is 6.07 Å². The molecule has 0 radical (unpaired) electrons. The van der Waals surface area contributed by atoms with Gasteiger partial charge in [-0.2, -0.15) is 5.26 Å². The van der Waals surface area contributed by atoms with Gasteiger partial charge in [0.2, 0.25) is 0 Å². The Morgan fingerprint density at radius 1 is 1.44 bits per heavy atom. The van der Waals surface area contributed by atoms with Gasteiger partial charge in [-0.1, -0.05) is 23.2 Å². The number of nitrogens with one attached hydrogen (secondary N) is 1. The first kappa shape index (κ1) is 12.8. The Balaban J connectivity index is 2.57. The van der Waals surface area contributed by atoms with Crippen LogP contribution in [0.4, 0.5) is 0 Å². The fraction of sp³-hybridized carbons (Fsp3) is 0.273. The number of halogens is 2. The maximum Gasteiger partial charge on any atom is 0.252 e. The maximum absolute atomic E-state index is 11.6. The highest BCUT2D eigenvalue weighted by Gasteiger charge is 2.09. The highest BCUT2D eigenvalue weighted by molar-refractivity contribution is 6.36. The number of nitrogens with zero attached hydrogens (tertiary/aromatic N) is 1. The van der Waals surface area contributed by atoms with E-state index in [0.717, 1.165) is 0 Å². The average Bonchev–Trinajstić information content (AvgIpc) is 2.24. The van der Waals surface area contributed by atoms with Crippen molar-refractivity contribution in [3.63, 3.8) is 0 Å². The van der Waals surface area contributed by atoms with Gasteiger partial charge in [0, 0.05) is 18.0 Å². The van der Waals surface area contributed by atoms with E-state index in [0.29, 0.717) is 35.0 Å². The minimum atomic E-state index is -0.250. The van der Waals surface area contributed by atoms with Crippen LogP contribution >= 0.6 is 23.2 Å². The van der Waals surface area contributed by atoms with E-state index in [4.69, 9.17) is 28.5 Å². The molecule has 0 aliphatic heterocycles. The van der Waals surface area contributed by atoms with Gasteiger partial charge in [-0.15, -0.1) is 0 Å². The van der Waals surface area contributed by atoms with Gasteiger partial charge < -0.3 is 5.32 Å². The highest BCUT2D eigenvalue weighted by atomic mass is 35.5. The summed E-state index contributed by atoms with van der Waals surface area (Å²) in [4.78, 5) is 11.6. The molecule has 84 valence electrons. The SMILES string of the molecule is N#CCCCNC(=O)c1ccc(Cl)cc1Cl. The molecule has 1 aromatic rings. The van der Waals surface area contributed by atoms with Gasteiger partial charge in [-0.3, -0.25) is 4.79 Å². The van der Waals surface area contributed by atoms with Crippen LogP contribution in [0.15, 0.2) is 18.2 Å². The molecule has 0 saturated heterocycles. The van der Waals surface area contributed by atoms with E-state index >= 15 is 0 Å². The van der Waals surface area contributed by atoms with Gasteiger partial charge in [-0.05, 0) is 24.6 Å². The van der Waals surface area contributed by atoms with Crippen molar-refractivity contribution in [1.29, 1.82) is 5.26 Å². The number of benzene rings is 1. The number of carbonyl (C=O) groups excluding carboxylic acids is 1. The molecule has 1 N–H and O–H groups in total. The monoisotopic (exact) mass is 256 g/mol. The van der Waals surface area contributed by atoms with Crippen LogP contribution in [-0.2, 0) is 0 Å². The lowest BCUT2D eigenvalue weighted by molar-refractivity contribution is 0.0953. The summed E-state index contributed by atoms with van der Waals surface area (Å²) in [6, 6.07) is 6.71. The average molecular weight is 257 g/mol. The molecule has 0 heterocycles. The number of unbranched alkanes of at least 4 members (excludes halogenated alkanes) is 1. The molecule has 0 unspecified atom stereocenters. The Morgan fingerprint density at radius 2 is 2.19 bits per heavy atom. The summed E-state index contributed by atoms with van der Waals surface area (Å²) in [6.07, 6.45) is 1.06. The van der Waals surface area contributed by atoms with Gasteiger partial charge in [0.05, 0.1) is 16.7 Å². The van der Waals surface area contributed by atoms with E-state index in [2.05, 4.69) is 5.32 Å². The zero-order chi connectivity index (χ0) is 12.0. The van der Waals surface area contributed by atoms with E-state index < -0.39 is 0 Å². The molecule has 0 aromatic heterocycles. The largest absolute Gasteiger partial charge is 0.352 e. The molecule has 0 atom stereocenters. The van der Waals surface area contributed by atoms with E-state index in [9.17, 15) is 4.79 Å². The van der Waals surface area contributed by atoms with Crippen molar-refractivity contribution in [1.82, 2.24) is 5.32 Å². The fourth-order valence-electron chi connectivity index (χ4n) is 1.14. The van der Waals surface area contributed by atoms with Crippen LogP contribution in [0.3, 0.4) is 0 Å². The second kappa shape index (κ2) is 6.37. The van der Waals surface area contributed by atoms with Crippen LogP contribution in [-0.4, -0.2) is 12.5 Å². The third kappa shape index (κ3) is 3.73. The Morgan fingerprint density at radius 3 is 2.81 bits per heavy atom. The molecule has 1 rings (SSSR count). The molecule has 16 heavy (non-hydrogen) atoms. The first-order valence-electron chi connectivity index (χ1n) is 4.75. The smallest absolute Gasteiger partial charge is 0.252 e. The van der Waals surface area contributed by atoms with E-state index in [1.807, 2.05) is 6.07 Å². The molecule has 1 aromatic carbocycles. The third-order valence-electron chi connectivity index (χ3n) is 1.93. The summed E-state index contributed by atoms with van der Waals surface area (Å²) >= 11 is 11.6. The van der Waals surface area contributed by atoms with Crippen molar-refractivity contribution >= 4 is 29.1 Å². The highest BCUT2D eigenvalue weighted by Crippen LogP contribution is 2.20. The Hall–Kier alpha value is -1.24. The first-order valence-corrected chi connectivity index (χ1v) is 5.51. The molecule has 0 aliphatic rings. The molecule has 0 spiro atoms. The summed E-state index contributed by atoms with van der Waals surface area (Å²) in [5.41, 5.74) is 0.392. The van der Waals surface area contributed by atoms with Crippen molar-refractivity contribution in [2.24, 2.45) is 0 Å². The fourth-order valence-corrected chi connectivity index (χ4v) is 1.63. The van der Waals surface area contributed by atoms with Gasteiger partial charge in [0.25, 0.3) is 5.91 Å². The number of nitriles is 1. The molecule has 0 saturated carbocycles. The van der Waals surface area contributed by atoms with Crippen LogP contribution in [0.1, 0.15) is 23.2 Å². The van der Waals surface area contributed by atoms with Crippen LogP contribution < -0.4 is 5.32 Å². The molecule has 0 fully saturated rings. The minimum Gasteiger partial charge on any atom is -0.352 e. The van der Waals surface area contributed by atoms with Crippen LogP contribution in [0.2, 0.25) is 10.0 Å². The van der Waals surface area contributed by atoms with Crippen molar-refractivity contribution in [2.45, 2.75) is 12.8 Å². The van der Waals surface area contributed by atoms with Crippen molar-refractivity contribution in [3.05, 3.63) is 33.8 Å². The summed E-state index contributed by atoms with van der Waals surface area (Å²) in [6.45, 7) is 0.464. The number of amides is 1. The third-order valence-corrected chi connectivity index (χ3v) is 2.47. The lowest BCUT2D eigenvalue weighted by Gasteiger charge is -2.05. The number of carbonyl (C=O) groups is 1. The molecule has 0 bridgehead atoms. The quantitative estimate of drug-likeness (QED) is 0.843. The van der Waals surface area contributed by atoms with Gasteiger partial charge >= 0.3 is 0 Å². The number of hydrogen-bond acceptors (Lipinski definition) is 2. The van der Waals surface area contributed by atoms with Crippen molar-refractivity contribution in [3.8, 4) is 6.07 Å². The summed E-state index contributed by atoms with van der Waals surface area (Å²) in [7, 11) is 0. The molecule has 5 heteroatoms. The molecule has 1 amide bonds. The first-order chi connectivity index (χ1) is 7.65. The molecular weight excluding hydrogens is 247 g/mol. The van der Waals surface area contributed by atoms with Crippen LogP contribution in [0, 0.1) is 11.3 Å². The lowest BCUT2D eigenvalue weighted by atomic mass is 10.2. The second-order valence-corrected chi connectivity index (χ2v) is 3.99. The summed E-state index contributed by atoms with van der Waals surface area (Å²) in [5, 5.41) is 11.8. The second-order valence-electron chi connectivity index (χ2n) is 3.14. The lowest BCUT2D eigenvalue weighted by Crippen LogP contribution is -2.24. The number of hydrogen-bond donors (Lipinski definition) is 1. The Kier molecular flexibility index (Phi) is 5.10. The topological polar surface area (TPSA) is 52.9 Å². The molecule has 3 nitrogen and oxygen atoms in total. The van der Waals surface area contributed by atoms with Gasteiger partial charge in [0.1, 0.15) is 0 Å². The number of rotatable bonds is 4. The minimum absolute atomic E-state index is 0.250. The van der Waals surface area contributed by atoms with Gasteiger partial charge in [-0.25, -0.2) is 0 Å². The van der Waals surface area contributed by atoms with Crippen LogP contribution in [0.25, 0.3) is 0 Å². The Bertz CT molecular complexity index is 426. The van der Waals surface area contributed by atoms with E-state index in [-0.39, 0.29) is 5.91 Å². The molecule has 0 aliphatic carbocycles. The maximum atomic E-state index is 11.6.